The van der Waals surface area contributed by atoms with Gasteiger partial charge in [-0.3, -0.25) is 4.79 Å². The molecule has 0 spiro atoms. The second-order valence-corrected chi connectivity index (χ2v) is 4.81. The van der Waals surface area contributed by atoms with E-state index < -0.39 is 0 Å². The van der Waals surface area contributed by atoms with Crippen LogP contribution in [0.1, 0.15) is 37.7 Å². The molecule has 1 amide bonds. The highest BCUT2D eigenvalue weighted by Crippen LogP contribution is 2.23. The zero-order valence-corrected chi connectivity index (χ0v) is 10.7. The van der Waals surface area contributed by atoms with Gasteiger partial charge < -0.3 is 10.2 Å². The van der Waals surface area contributed by atoms with Gasteiger partial charge in [-0.1, -0.05) is 19.3 Å². The molecule has 1 fully saturated rings. The third kappa shape index (κ3) is 3.71. The first-order chi connectivity index (χ1) is 9.16. The third-order valence-corrected chi connectivity index (χ3v) is 3.37. The highest BCUT2D eigenvalue weighted by atomic mass is 16.3. The molecule has 0 atom stereocenters. The average Bonchev–Trinajstić information content (AvgIpc) is 2.42. The summed E-state index contributed by atoms with van der Waals surface area (Å²) in [4.78, 5) is 11.8. The van der Waals surface area contributed by atoms with E-state index in [0.717, 1.165) is 25.7 Å². The first-order valence-corrected chi connectivity index (χ1v) is 6.52. The average molecular weight is 262 g/mol. The number of nitrogens with zero attached hydrogens (tertiary/aromatic N) is 1. The summed E-state index contributed by atoms with van der Waals surface area (Å²) < 4.78 is 0. The molecular weight excluding hydrogens is 244 g/mol. The van der Waals surface area contributed by atoms with E-state index >= 15 is 0 Å². The minimum Gasteiger partial charge on any atom is -0.508 e. The van der Waals surface area contributed by atoms with E-state index in [4.69, 9.17) is 5.11 Å². The number of carbonyl (C=O) groups excluding carboxylic acids is 1. The molecule has 0 saturated heterocycles. The van der Waals surface area contributed by atoms with Crippen LogP contribution in [0.25, 0.3) is 0 Å². The molecule has 19 heavy (non-hydrogen) atoms. The summed E-state index contributed by atoms with van der Waals surface area (Å²) in [5.74, 6) is -0.0925. The van der Waals surface area contributed by atoms with Crippen molar-refractivity contribution >= 4 is 12.1 Å². The second kappa shape index (κ2) is 6.22. The van der Waals surface area contributed by atoms with Crippen LogP contribution in [0.3, 0.4) is 0 Å². The topological polar surface area (TPSA) is 81.9 Å². The first kappa shape index (κ1) is 13.4. The number of amides is 1. The summed E-state index contributed by atoms with van der Waals surface area (Å²) in [6, 6.07) is 4.20. The molecular formula is C14H18N2O3. The van der Waals surface area contributed by atoms with Gasteiger partial charge in [0.1, 0.15) is 11.5 Å². The molecule has 0 aromatic heterocycles. The molecule has 3 N–H and O–H groups in total. The molecule has 1 aromatic rings. The number of nitrogens with one attached hydrogen (secondary N) is 1. The van der Waals surface area contributed by atoms with E-state index in [1.165, 1.54) is 30.8 Å². The molecule has 2 rings (SSSR count). The summed E-state index contributed by atoms with van der Waals surface area (Å²) in [6.07, 6.45) is 6.61. The van der Waals surface area contributed by atoms with Gasteiger partial charge in [0, 0.05) is 17.5 Å². The van der Waals surface area contributed by atoms with Gasteiger partial charge in [0.2, 0.25) is 5.91 Å². The van der Waals surface area contributed by atoms with E-state index in [2.05, 4.69) is 10.5 Å². The highest BCUT2D eigenvalue weighted by molar-refractivity contribution is 5.85. The van der Waals surface area contributed by atoms with Crippen molar-refractivity contribution in [2.24, 2.45) is 11.0 Å². The standard InChI is InChI=1S/C14H18N2O3/c17-12-7-6-11(13(18)8-12)9-15-16-14(19)10-4-2-1-3-5-10/h6-10,17-18H,1-5H2,(H,16,19)/b15-9-. The van der Waals surface area contributed by atoms with Crippen molar-refractivity contribution in [1.29, 1.82) is 0 Å². The van der Waals surface area contributed by atoms with E-state index in [1.807, 2.05) is 0 Å². The summed E-state index contributed by atoms with van der Waals surface area (Å²) in [6.45, 7) is 0. The lowest BCUT2D eigenvalue weighted by molar-refractivity contribution is -0.125. The van der Waals surface area contributed by atoms with Crippen LogP contribution in [-0.2, 0) is 4.79 Å². The molecule has 5 heteroatoms. The number of hydrazone groups is 1. The number of benzene rings is 1. The van der Waals surface area contributed by atoms with Crippen molar-refractivity contribution in [3.63, 3.8) is 0 Å². The van der Waals surface area contributed by atoms with E-state index in [9.17, 15) is 9.90 Å². The molecule has 1 aliphatic carbocycles. The minimum absolute atomic E-state index is 0.0131. The number of aromatic hydroxyl groups is 2. The van der Waals surface area contributed by atoms with Crippen LogP contribution >= 0.6 is 0 Å². The lowest BCUT2D eigenvalue weighted by Crippen LogP contribution is -2.28. The lowest BCUT2D eigenvalue weighted by atomic mass is 9.89. The predicted octanol–water partition coefficient (Wildman–Crippen LogP) is 2.13. The maximum Gasteiger partial charge on any atom is 0.243 e. The smallest absolute Gasteiger partial charge is 0.243 e. The maximum atomic E-state index is 11.8. The molecule has 0 unspecified atom stereocenters. The van der Waals surface area contributed by atoms with Crippen molar-refractivity contribution in [2.75, 3.05) is 0 Å². The normalized spacial score (nSPS) is 16.6. The Bertz CT molecular complexity index is 480. The molecule has 1 aliphatic rings. The number of phenols is 2. The SMILES string of the molecule is O=C(N/N=C\c1ccc(O)cc1O)C1CCCCC1. The third-order valence-electron chi connectivity index (χ3n) is 3.37. The van der Waals surface area contributed by atoms with Crippen molar-refractivity contribution in [3.8, 4) is 11.5 Å². The van der Waals surface area contributed by atoms with Crippen LogP contribution in [0.15, 0.2) is 23.3 Å². The number of hydrogen-bond donors (Lipinski definition) is 3. The Labute approximate surface area is 112 Å². The Morgan fingerprint density at radius 1 is 1.26 bits per heavy atom. The van der Waals surface area contributed by atoms with Crippen LogP contribution in [-0.4, -0.2) is 22.3 Å². The summed E-state index contributed by atoms with van der Waals surface area (Å²) in [5.41, 5.74) is 2.95. The van der Waals surface area contributed by atoms with Crippen molar-refractivity contribution < 1.29 is 15.0 Å². The molecule has 102 valence electrons. The van der Waals surface area contributed by atoms with Crippen LogP contribution in [0.4, 0.5) is 0 Å². The van der Waals surface area contributed by atoms with Gasteiger partial charge >= 0.3 is 0 Å². The van der Waals surface area contributed by atoms with E-state index in [1.54, 1.807) is 0 Å². The maximum absolute atomic E-state index is 11.8. The Hall–Kier alpha value is -2.04. The predicted molar refractivity (Wildman–Crippen MR) is 72.1 cm³/mol. The summed E-state index contributed by atoms with van der Waals surface area (Å²) in [5, 5.41) is 22.5. The Morgan fingerprint density at radius 2 is 2.00 bits per heavy atom. The zero-order chi connectivity index (χ0) is 13.7. The fourth-order valence-electron chi connectivity index (χ4n) is 2.26. The number of carbonyl (C=O) groups is 1. The van der Waals surface area contributed by atoms with Crippen LogP contribution in [0.2, 0.25) is 0 Å². The summed E-state index contributed by atoms with van der Waals surface area (Å²) >= 11 is 0. The molecule has 0 bridgehead atoms. The van der Waals surface area contributed by atoms with Crippen molar-refractivity contribution in [2.45, 2.75) is 32.1 Å². The molecule has 1 aromatic carbocycles. The lowest BCUT2D eigenvalue weighted by Gasteiger charge is -2.19. The highest BCUT2D eigenvalue weighted by Gasteiger charge is 2.20. The van der Waals surface area contributed by atoms with Gasteiger partial charge in [-0.05, 0) is 25.0 Å². The van der Waals surface area contributed by atoms with Gasteiger partial charge in [0.15, 0.2) is 0 Å². The fraction of sp³-hybridized carbons (Fsp3) is 0.429. The van der Waals surface area contributed by atoms with Gasteiger partial charge in [-0.25, -0.2) is 5.43 Å². The van der Waals surface area contributed by atoms with Crippen molar-refractivity contribution in [1.82, 2.24) is 5.43 Å². The second-order valence-electron chi connectivity index (χ2n) is 4.81. The first-order valence-electron chi connectivity index (χ1n) is 6.52. The molecule has 0 heterocycles. The van der Waals surface area contributed by atoms with Crippen molar-refractivity contribution in [3.05, 3.63) is 23.8 Å². The van der Waals surface area contributed by atoms with Crippen LogP contribution in [0, 0.1) is 5.92 Å². The van der Waals surface area contributed by atoms with Gasteiger partial charge in [0.25, 0.3) is 0 Å². The minimum atomic E-state index is -0.0735. The van der Waals surface area contributed by atoms with Gasteiger partial charge in [-0.2, -0.15) is 5.10 Å². The quantitative estimate of drug-likeness (QED) is 0.576. The zero-order valence-electron chi connectivity index (χ0n) is 10.7. The molecule has 0 radical (unpaired) electrons. The summed E-state index contributed by atoms with van der Waals surface area (Å²) in [7, 11) is 0. The molecule has 5 nitrogen and oxygen atoms in total. The Balaban J connectivity index is 1.90. The van der Waals surface area contributed by atoms with Gasteiger partial charge in [0.05, 0.1) is 6.21 Å². The number of hydrogen-bond acceptors (Lipinski definition) is 4. The Kier molecular flexibility index (Phi) is 4.39. The van der Waals surface area contributed by atoms with Crippen LogP contribution in [0.5, 0.6) is 11.5 Å². The number of phenolic OH excluding ortho intramolecular Hbond substituents is 2. The Morgan fingerprint density at radius 3 is 2.68 bits per heavy atom. The monoisotopic (exact) mass is 262 g/mol. The van der Waals surface area contributed by atoms with E-state index in [0.29, 0.717) is 5.56 Å². The molecule has 1 saturated carbocycles. The number of rotatable bonds is 3. The van der Waals surface area contributed by atoms with E-state index in [-0.39, 0.29) is 23.3 Å². The molecule has 0 aliphatic heterocycles. The van der Waals surface area contributed by atoms with Gasteiger partial charge in [-0.15, -0.1) is 0 Å². The fourth-order valence-corrected chi connectivity index (χ4v) is 2.26. The van der Waals surface area contributed by atoms with Crippen LogP contribution < -0.4 is 5.43 Å². The largest absolute Gasteiger partial charge is 0.508 e.